The molecule has 3 nitrogen and oxygen atoms in total. The second-order valence-corrected chi connectivity index (χ2v) is 5.44. The smallest absolute Gasteiger partial charge is 0.119 e. The summed E-state index contributed by atoms with van der Waals surface area (Å²) < 4.78 is 5.68. The topological polar surface area (TPSA) is 41.5 Å². The van der Waals surface area contributed by atoms with Gasteiger partial charge < -0.3 is 15.2 Å². The Hall–Kier alpha value is -1.06. The minimum Gasteiger partial charge on any atom is -0.491 e. The normalized spacial score (nSPS) is 18.4. The van der Waals surface area contributed by atoms with E-state index < -0.39 is 5.60 Å². The largest absolute Gasteiger partial charge is 0.491 e. The molecule has 0 saturated heterocycles. The van der Waals surface area contributed by atoms with Crippen molar-refractivity contribution in [2.24, 2.45) is 0 Å². The van der Waals surface area contributed by atoms with Gasteiger partial charge in [0.2, 0.25) is 0 Å². The molecule has 18 heavy (non-hydrogen) atoms. The molecule has 0 bridgehead atoms. The zero-order valence-corrected chi connectivity index (χ0v) is 11.3. The molecule has 0 spiro atoms. The standard InChI is InChI=1S/C15H23NO2/c1-3-12-5-4-6-14(9-12)18-11-15(2,17)10-16-13-7-8-13/h4-6,9,13,16-17H,3,7-8,10-11H2,1-2H3. The molecule has 2 N–H and O–H groups in total. The molecule has 1 aliphatic carbocycles. The second kappa shape index (κ2) is 5.72. The van der Waals surface area contributed by atoms with Crippen LogP contribution in [0.2, 0.25) is 0 Å². The van der Waals surface area contributed by atoms with Crippen LogP contribution in [0.3, 0.4) is 0 Å². The van der Waals surface area contributed by atoms with Crippen LogP contribution in [0, 0.1) is 0 Å². The number of nitrogens with one attached hydrogen (secondary N) is 1. The molecule has 3 heteroatoms. The van der Waals surface area contributed by atoms with E-state index in [1.807, 2.05) is 25.1 Å². The second-order valence-electron chi connectivity index (χ2n) is 5.44. The fraction of sp³-hybridized carbons (Fsp3) is 0.600. The third-order valence-electron chi connectivity index (χ3n) is 3.21. The van der Waals surface area contributed by atoms with Gasteiger partial charge in [0.05, 0.1) is 0 Å². The molecule has 1 aliphatic rings. The lowest BCUT2D eigenvalue weighted by Gasteiger charge is -2.24. The first kappa shape index (κ1) is 13.4. The van der Waals surface area contributed by atoms with Gasteiger partial charge in [-0.05, 0) is 43.9 Å². The summed E-state index contributed by atoms with van der Waals surface area (Å²) in [6.07, 6.45) is 3.46. The van der Waals surface area contributed by atoms with E-state index in [9.17, 15) is 5.11 Å². The summed E-state index contributed by atoms with van der Waals surface area (Å²) in [4.78, 5) is 0. The number of aliphatic hydroxyl groups is 1. The Balaban J connectivity index is 1.80. The van der Waals surface area contributed by atoms with Gasteiger partial charge in [0.25, 0.3) is 0 Å². The lowest BCUT2D eigenvalue weighted by Crippen LogP contribution is -2.43. The van der Waals surface area contributed by atoms with Crippen molar-refractivity contribution in [2.75, 3.05) is 13.2 Å². The Bertz CT molecular complexity index is 386. The molecule has 0 amide bonds. The average molecular weight is 249 g/mol. The van der Waals surface area contributed by atoms with Crippen molar-refractivity contribution in [2.45, 2.75) is 44.8 Å². The number of hydrogen-bond donors (Lipinski definition) is 2. The Morgan fingerprint density at radius 2 is 2.22 bits per heavy atom. The zero-order valence-electron chi connectivity index (χ0n) is 11.3. The molecule has 0 aliphatic heterocycles. The molecule has 0 aromatic heterocycles. The summed E-state index contributed by atoms with van der Waals surface area (Å²) in [6, 6.07) is 8.65. The van der Waals surface area contributed by atoms with E-state index in [-0.39, 0.29) is 0 Å². The first-order valence-corrected chi connectivity index (χ1v) is 6.76. The van der Waals surface area contributed by atoms with Crippen molar-refractivity contribution in [3.63, 3.8) is 0 Å². The quantitative estimate of drug-likeness (QED) is 0.778. The van der Waals surface area contributed by atoms with Crippen molar-refractivity contribution in [1.82, 2.24) is 5.32 Å². The van der Waals surface area contributed by atoms with Crippen LogP contribution in [-0.2, 0) is 6.42 Å². The highest BCUT2D eigenvalue weighted by atomic mass is 16.5. The van der Waals surface area contributed by atoms with Gasteiger partial charge in [0, 0.05) is 12.6 Å². The van der Waals surface area contributed by atoms with Gasteiger partial charge in [0.15, 0.2) is 0 Å². The minimum absolute atomic E-state index is 0.319. The summed E-state index contributed by atoms with van der Waals surface area (Å²) in [7, 11) is 0. The maximum Gasteiger partial charge on any atom is 0.119 e. The predicted octanol–water partition coefficient (Wildman–Crippen LogP) is 2.13. The Labute approximate surface area is 109 Å². The van der Waals surface area contributed by atoms with E-state index in [4.69, 9.17) is 4.74 Å². The maximum absolute atomic E-state index is 10.2. The fourth-order valence-electron chi connectivity index (χ4n) is 1.80. The molecular weight excluding hydrogens is 226 g/mol. The van der Waals surface area contributed by atoms with Gasteiger partial charge in [-0.15, -0.1) is 0 Å². The number of aryl methyl sites for hydroxylation is 1. The first-order valence-electron chi connectivity index (χ1n) is 6.76. The highest BCUT2D eigenvalue weighted by Crippen LogP contribution is 2.20. The van der Waals surface area contributed by atoms with Gasteiger partial charge in [0.1, 0.15) is 18.0 Å². The number of rotatable bonds is 7. The molecule has 0 heterocycles. The molecule has 1 aromatic rings. The van der Waals surface area contributed by atoms with Gasteiger partial charge in [-0.25, -0.2) is 0 Å². The van der Waals surface area contributed by atoms with Gasteiger partial charge in [-0.1, -0.05) is 19.1 Å². The van der Waals surface area contributed by atoms with Crippen LogP contribution in [0.15, 0.2) is 24.3 Å². The van der Waals surface area contributed by atoms with Crippen LogP contribution >= 0.6 is 0 Å². The number of hydrogen-bond acceptors (Lipinski definition) is 3. The highest BCUT2D eigenvalue weighted by molar-refractivity contribution is 5.28. The molecule has 2 rings (SSSR count). The average Bonchev–Trinajstić information content (AvgIpc) is 3.19. The fourth-order valence-corrected chi connectivity index (χ4v) is 1.80. The molecule has 1 fully saturated rings. The number of ether oxygens (including phenoxy) is 1. The molecular formula is C15H23NO2. The van der Waals surface area contributed by atoms with Crippen molar-refractivity contribution < 1.29 is 9.84 Å². The van der Waals surface area contributed by atoms with E-state index >= 15 is 0 Å². The maximum atomic E-state index is 10.2. The number of benzene rings is 1. The van der Waals surface area contributed by atoms with Crippen molar-refractivity contribution >= 4 is 0 Å². The summed E-state index contributed by atoms with van der Waals surface area (Å²) in [6.45, 7) is 4.84. The lowest BCUT2D eigenvalue weighted by molar-refractivity contribution is 0.0120. The Morgan fingerprint density at radius 1 is 1.44 bits per heavy atom. The summed E-state index contributed by atoms with van der Waals surface area (Å²) >= 11 is 0. The van der Waals surface area contributed by atoms with Gasteiger partial charge in [-0.2, -0.15) is 0 Å². The van der Waals surface area contributed by atoms with Crippen molar-refractivity contribution in [3.8, 4) is 5.75 Å². The summed E-state index contributed by atoms with van der Waals surface area (Å²) in [5, 5.41) is 13.5. The minimum atomic E-state index is -0.815. The van der Waals surface area contributed by atoms with Crippen LogP contribution in [0.25, 0.3) is 0 Å². The Morgan fingerprint density at radius 3 is 2.89 bits per heavy atom. The van der Waals surface area contributed by atoms with E-state index in [0.29, 0.717) is 19.2 Å². The first-order chi connectivity index (χ1) is 8.59. The van der Waals surface area contributed by atoms with Gasteiger partial charge in [-0.3, -0.25) is 0 Å². The monoisotopic (exact) mass is 249 g/mol. The zero-order chi connectivity index (χ0) is 13.0. The van der Waals surface area contributed by atoms with E-state index in [2.05, 4.69) is 18.3 Å². The molecule has 1 saturated carbocycles. The van der Waals surface area contributed by atoms with Crippen molar-refractivity contribution in [1.29, 1.82) is 0 Å². The van der Waals surface area contributed by atoms with Crippen LogP contribution in [0.1, 0.15) is 32.3 Å². The van der Waals surface area contributed by atoms with E-state index in [1.54, 1.807) is 0 Å². The molecule has 1 unspecified atom stereocenters. The van der Waals surface area contributed by atoms with Crippen LogP contribution in [-0.4, -0.2) is 29.9 Å². The van der Waals surface area contributed by atoms with E-state index in [1.165, 1.54) is 18.4 Å². The molecule has 0 radical (unpaired) electrons. The third kappa shape index (κ3) is 4.31. The summed E-state index contributed by atoms with van der Waals surface area (Å²) in [5.74, 6) is 0.834. The van der Waals surface area contributed by atoms with Crippen LogP contribution in [0.5, 0.6) is 5.75 Å². The predicted molar refractivity (Wildman–Crippen MR) is 73.0 cm³/mol. The molecule has 100 valence electrons. The van der Waals surface area contributed by atoms with E-state index in [0.717, 1.165) is 12.2 Å². The SMILES string of the molecule is CCc1cccc(OCC(C)(O)CNC2CC2)c1. The molecule has 1 atom stereocenters. The molecule has 1 aromatic carbocycles. The Kier molecular flexibility index (Phi) is 4.25. The lowest BCUT2D eigenvalue weighted by atomic mass is 10.1. The van der Waals surface area contributed by atoms with Gasteiger partial charge >= 0.3 is 0 Å². The van der Waals surface area contributed by atoms with Crippen LogP contribution in [0.4, 0.5) is 0 Å². The third-order valence-corrected chi connectivity index (χ3v) is 3.21. The van der Waals surface area contributed by atoms with Crippen molar-refractivity contribution in [3.05, 3.63) is 29.8 Å². The van der Waals surface area contributed by atoms with Crippen LogP contribution < -0.4 is 10.1 Å². The summed E-state index contributed by atoms with van der Waals surface area (Å²) in [5.41, 5.74) is 0.438. The highest BCUT2D eigenvalue weighted by Gasteiger charge is 2.27.